The number of piperidine rings is 1. The largest absolute Gasteiger partial charge is 0.380 e. The summed E-state index contributed by atoms with van der Waals surface area (Å²) in [5.41, 5.74) is 4.28. The number of nitrogens with zero attached hydrogens (tertiary/aromatic N) is 6. The summed E-state index contributed by atoms with van der Waals surface area (Å²) in [6.45, 7) is 7.95. The molecule has 164 valence electrons. The van der Waals surface area contributed by atoms with Crippen molar-refractivity contribution in [2.75, 3.05) is 20.2 Å². The molecule has 4 heterocycles. The van der Waals surface area contributed by atoms with Gasteiger partial charge in [-0.2, -0.15) is 5.10 Å². The van der Waals surface area contributed by atoms with Gasteiger partial charge in [0.1, 0.15) is 11.6 Å². The van der Waals surface area contributed by atoms with Crippen molar-refractivity contribution in [3.8, 4) is 0 Å². The Morgan fingerprint density at radius 1 is 1.23 bits per heavy atom. The number of hydrogen-bond donors (Lipinski definition) is 0. The van der Waals surface area contributed by atoms with Crippen molar-refractivity contribution in [3.05, 3.63) is 58.3 Å². The van der Waals surface area contributed by atoms with E-state index in [4.69, 9.17) is 9.26 Å². The first kappa shape index (κ1) is 21.2. The molecule has 3 aromatic rings. The van der Waals surface area contributed by atoms with Crippen molar-refractivity contribution in [1.29, 1.82) is 0 Å². The molecule has 0 unspecified atom stereocenters. The van der Waals surface area contributed by atoms with E-state index in [1.807, 2.05) is 38.1 Å². The molecule has 1 aliphatic heterocycles. The molecule has 1 saturated heterocycles. The fraction of sp³-hybridized carbons (Fsp3) is 0.500. The number of aromatic nitrogens is 5. The van der Waals surface area contributed by atoms with Gasteiger partial charge in [0, 0.05) is 49.6 Å². The molecule has 0 N–H and O–H groups in total. The first-order valence-corrected chi connectivity index (χ1v) is 10.5. The second-order valence-electron chi connectivity index (χ2n) is 8.11. The summed E-state index contributed by atoms with van der Waals surface area (Å²) in [5.74, 6) is 1.59. The molecule has 0 bridgehead atoms. The van der Waals surface area contributed by atoms with Gasteiger partial charge in [-0.15, -0.1) is 0 Å². The van der Waals surface area contributed by atoms with Gasteiger partial charge in [-0.1, -0.05) is 5.16 Å². The molecule has 0 aromatic carbocycles. The lowest BCUT2D eigenvalue weighted by molar-refractivity contribution is 0.0699. The Hall–Kier alpha value is -3.07. The van der Waals surface area contributed by atoms with Crippen molar-refractivity contribution in [2.45, 2.75) is 52.7 Å². The highest BCUT2D eigenvalue weighted by molar-refractivity contribution is 5.93. The van der Waals surface area contributed by atoms with Crippen LogP contribution in [0, 0.1) is 20.8 Å². The van der Waals surface area contributed by atoms with Gasteiger partial charge in [0.2, 0.25) is 0 Å². The van der Waals surface area contributed by atoms with Crippen LogP contribution in [0.25, 0.3) is 0 Å². The van der Waals surface area contributed by atoms with Gasteiger partial charge in [-0.25, -0.2) is 9.97 Å². The normalized spacial score (nSPS) is 14.9. The Morgan fingerprint density at radius 3 is 2.68 bits per heavy atom. The molecule has 31 heavy (non-hydrogen) atoms. The van der Waals surface area contributed by atoms with E-state index in [0.717, 1.165) is 41.1 Å². The lowest BCUT2D eigenvalue weighted by Gasteiger charge is -2.32. The summed E-state index contributed by atoms with van der Waals surface area (Å²) in [4.78, 5) is 24.1. The summed E-state index contributed by atoms with van der Waals surface area (Å²) in [5, 5.41) is 8.40. The number of aryl methyl sites for hydroxylation is 3. The minimum absolute atomic E-state index is 0.0924. The highest BCUT2D eigenvalue weighted by Gasteiger charge is 2.30. The molecule has 0 radical (unpaired) electrons. The lowest BCUT2D eigenvalue weighted by atomic mass is 9.90. The second kappa shape index (κ2) is 8.97. The Bertz CT molecular complexity index is 1070. The number of rotatable bonds is 6. The molecule has 0 saturated carbocycles. The quantitative estimate of drug-likeness (QED) is 0.600. The van der Waals surface area contributed by atoms with Gasteiger partial charge in [-0.3, -0.25) is 9.48 Å². The van der Waals surface area contributed by atoms with E-state index in [-0.39, 0.29) is 11.8 Å². The summed E-state index contributed by atoms with van der Waals surface area (Å²) >= 11 is 0. The molecule has 0 aliphatic carbocycles. The Morgan fingerprint density at radius 2 is 2.00 bits per heavy atom. The molecule has 1 fully saturated rings. The zero-order valence-electron chi connectivity index (χ0n) is 18.5. The first-order chi connectivity index (χ1) is 15.0. The second-order valence-corrected chi connectivity index (χ2v) is 8.11. The molecule has 4 rings (SSSR count). The van der Waals surface area contributed by atoms with Gasteiger partial charge in [0.05, 0.1) is 25.0 Å². The van der Waals surface area contributed by atoms with E-state index >= 15 is 0 Å². The van der Waals surface area contributed by atoms with Crippen molar-refractivity contribution >= 4 is 5.91 Å². The standard InChI is InChI=1S/C22H28N6O3/c1-14-9-24-28(11-14)12-19-15(2)31-26-21(19)22(29)27-7-5-17(6-8-27)20-18(13-30-4)10-23-16(3)25-20/h9-11,17H,5-8,12-13H2,1-4H3. The maximum atomic E-state index is 13.2. The molecule has 0 atom stereocenters. The van der Waals surface area contributed by atoms with Gasteiger partial charge < -0.3 is 14.2 Å². The number of hydrogen-bond acceptors (Lipinski definition) is 7. The minimum atomic E-state index is -0.0924. The average molecular weight is 425 g/mol. The van der Waals surface area contributed by atoms with Crippen LogP contribution in [0.3, 0.4) is 0 Å². The Kier molecular flexibility index (Phi) is 6.13. The van der Waals surface area contributed by atoms with E-state index < -0.39 is 0 Å². The molecular formula is C22H28N6O3. The number of carbonyl (C=O) groups excluding carboxylic acids is 1. The zero-order chi connectivity index (χ0) is 22.0. The van der Waals surface area contributed by atoms with Crippen molar-refractivity contribution in [3.63, 3.8) is 0 Å². The molecular weight excluding hydrogens is 396 g/mol. The summed E-state index contributed by atoms with van der Waals surface area (Å²) < 4.78 is 12.5. The van der Waals surface area contributed by atoms with Crippen LogP contribution in [-0.4, -0.2) is 55.9 Å². The van der Waals surface area contributed by atoms with Gasteiger partial charge in [-0.05, 0) is 39.2 Å². The highest BCUT2D eigenvalue weighted by atomic mass is 16.5. The van der Waals surface area contributed by atoms with Crippen molar-refractivity contribution in [1.82, 2.24) is 29.8 Å². The van der Waals surface area contributed by atoms with E-state index in [1.165, 1.54) is 0 Å². The zero-order valence-corrected chi connectivity index (χ0v) is 18.5. The molecule has 9 heteroatoms. The average Bonchev–Trinajstić information content (AvgIpc) is 3.35. The number of carbonyl (C=O) groups is 1. The van der Waals surface area contributed by atoms with Crippen LogP contribution in [0.4, 0.5) is 0 Å². The topological polar surface area (TPSA) is 99.2 Å². The fourth-order valence-corrected chi connectivity index (χ4v) is 4.10. The van der Waals surface area contributed by atoms with E-state index in [0.29, 0.717) is 37.7 Å². The third-order valence-electron chi connectivity index (χ3n) is 5.76. The highest BCUT2D eigenvalue weighted by Crippen LogP contribution is 2.30. The molecule has 1 amide bonds. The molecule has 3 aromatic heterocycles. The summed E-state index contributed by atoms with van der Waals surface area (Å²) in [7, 11) is 1.67. The first-order valence-electron chi connectivity index (χ1n) is 10.5. The predicted octanol–water partition coefficient (Wildman–Crippen LogP) is 2.80. The Labute approximate surface area is 181 Å². The molecule has 0 spiro atoms. The smallest absolute Gasteiger partial charge is 0.276 e. The Balaban J connectivity index is 1.47. The molecule has 9 nitrogen and oxygen atoms in total. The summed E-state index contributed by atoms with van der Waals surface area (Å²) in [6, 6.07) is 0. The maximum Gasteiger partial charge on any atom is 0.276 e. The van der Waals surface area contributed by atoms with Gasteiger partial charge in [0.25, 0.3) is 5.91 Å². The third-order valence-corrected chi connectivity index (χ3v) is 5.76. The monoisotopic (exact) mass is 424 g/mol. The van der Waals surface area contributed by atoms with Crippen LogP contribution in [0.15, 0.2) is 23.1 Å². The van der Waals surface area contributed by atoms with E-state index in [9.17, 15) is 4.79 Å². The van der Waals surface area contributed by atoms with E-state index in [2.05, 4.69) is 20.2 Å². The van der Waals surface area contributed by atoms with Crippen LogP contribution in [-0.2, 0) is 17.9 Å². The number of methoxy groups -OCH3 is 1. The van der Waals surface area contributed by atoms with Gasteiger partial charge >= 0.3 is 0 Å². The maximum absolute atomic E-state index is 13.2. The van der Waals surface area contributed by atoms with Crippen LogP contribution < -0.4 is 0 Å². The van der Waals surface area contributed by atoms with Gasteiger partial charge in [0.15, 0.2) is 5.69 Å². The van der Waals surface area contributed by atoms with E-state index in [1.54, 1.807) is 18.0 Å². The van der Waals surface area contributed by atoms with Crippen LogP contribution in [0.1, 0.15) is 63.2 Å². The number of amides is 1. The number of likely N-dealkylation sites (tertiary alicyclic amines) is 1. The predicted molar refractivity (Wildman–Crippen MR) is 113 cm³/mol. The SMILES string of the molecule is COCc1cnc(C)nc1C1CCN(C(=O)c2noc(C)c2Cn2cc(C)cn2)CC1. The van der Waals surface area contributed by atoms with Crippen molar-refractivity contribution < 1.29 is 14.1 Å². The van der Waals surface area contributed by atoms with Crippen LogP contribution >= 0.6 is 0 Å². The van der Waals surface area contributed by atoms with Crippen LogP contribution in [0.5, 0.6) is 0 Å². The minimum Gasteiger partial charge on any atom is -0.380 e. The fourth-order valence-electron chi connectivity index (χ4n) is 4.10. The van der Waals surface area contributed by atoms with Crippen LogP contribution in [0.2, 0.25) is 0 Å². The summed E-state index contributed by atoms with van der Waals surface area (Å²) in [6.07, 6.45) is 7.25. The molecule has 1 aliphatic rings. The number of ether oxygens (including phenoxy) is 1. The van der Waals surface area contributed by atoms with Crippen molar-refractivity contribution in [2.24, 2.45) is 0 Å². The lowest BCUT2D eigenvalue weighted by Crippen LogP contribution is -2.39. The third kappa shape index (κ3) is 4.51.